The Morgan fingerprint density at radius 2 is 2.24 bits per heavy atom. The molecule has 0 aliphatic rings. The molecule has 7 heteroatoms. The van der Waals surface area contributed by atoms with Crippen LogP contribution >= 0.6 is 11.6 Å². The number of benzene rings is 1. The molecule has 108 valence electrons. The second kappa shape index (κ2) is 5.57. The summed E-state index contributed by atoms with van der Waals surface area (Å²) >= 11 is 5.88. The van der Waals surface area contributed by atoms with Crippen molar-refractivity contribution in [1.82, 2.24) is 19.3 Å². The van der Waals surface area contributed by atoms with Crippen molar-refractivity contribution >= 4 is 22.6 Å². The van der Waals surface area contributed by atoms with Crippen molar-refractivity contribution in [2.24, 2.45) is 7.05 Å². The zero-order valence-electron chi connectivity index (χ0n) is 11.4. The number of nitrogens with zero attached hydrogens (tertiary/aromatic N) is 4. The van der Waals surface area contributed by atoms with Crippen LogP contribution in [0.2, 0.25) is 5.02 Å². The molecule has 6 nitrogen and oxygen atoms in total. The molecule has 3 rings (SSSR count). The summed E-state index contributed by atoms with van der Waals surface area (Å²) in [6, 6.07) is 7.14. The van der Waals surface area contributed by atoms with E-state index in [0.717, 1.165) is 0 Å². The molecule has 0 atom stereocenters. The fourth-order valence-electron chi connectivity index (χ4n) is 2.04. The highest BCUT2D eigenvalue weighted by molar-refractivity contribution is 6.30. The van der Waals surface area contributed by atoms with E-state index in [-0.39, 0.29) is 5.56 Å². The van der Waals surface area contributed by atoms with Gasteiger partial charge in [-0.3, -0.25) is 14.0 Å². The van der Waals surface area contributed by atoms with Gasteiger partial charge in [0, 0.05) is 12.1 Å². The van der Waals surface area contributed by atoms with Crippen LogP contribution in [0.5, 0.6) is 5.75 Å². The van der Waals surface area contributed by atoms with E-state index >= 15 is 0 Å². The summed E-state index contributed by atoms with van der Waals surface area (Å²) in [5.41, 5.74) is 0.454. The Morgan fingerprint density at radius 3 is 3.05 bits per heavy atom. The van der Waals surface area contributed by atoms with Gasteiger partial charge in [-0.05, 0) is 18.2 Å². The summed E-state index contributed by atoms with van der Waals surface area (Å²) in [5.74, 6) is 0.672. The van der Waals surface area contributed by atoms with Crippen LogP contribution in [0.25, 0.3) is 11.0 Å². The second-order valence-corrected chi connectivity index (χ2v) is 4.99. The summed E-state index contributed by atoms with van der Waals surface area (Å²) in [6.45, 7) is 0.761. The number of rotatable bonds is 4. The van der Waals surface area contributed by atoms with Gasteiger partial charge in [-0.15, -0.1) is 0 Å². The normalized spacial score (nSPS) is 11.0. The third-order valence-corrected chi connectivity index (χ3v) is 3.35. The van der Waals surface area contributed by atoms with Crippen molar-refractivity contribution < 1.29 is 4.74 Å². The quantitative estimate of drug-likeness (QED) is 0.738. The summed E-state index contributed by atoms with van der Waals surface area (Å²) in [7, 11) is 1.75. The highest BCUT2D eigenvalue weighted by atomic mass is 35.5. The van der Waals surface area contributed by atoms with Gasteiger partial charge in [-0.25, -0.2) is 4.98 Å². The topological polar surface area (TPSA) is 61.9 Å². The van der Waals surface area contributed by atoms with Crippen LogP contribution in [0.3, 0.4) is 0 Å². The number of aryl methyl sites for hydroxylation is 1. The van der Waals surface area contributed by atoms with Crippen LogP contribution in [0, 0.1) is 0 Å². The van der Waals surface area contributed by atoms with Gasteiger partial charge in [-0.2, -0.15) is 5.10 Å². The molecule has 2 aromatic heterocycles. The maximum absolute atomic E-state index is 12.2. The Balaban J connectivity index is 1.74. The number of hydrogen-bond acceptors (Lipinski definition) is 4. The standard InChI is InChI=1S/C14H13ClN4O2/c1-18-13-12(8-17-18)14(20)19(9-16-13)5-6-21-11-4-2-3-10(15)7-11/h2-4,7-9H,5-6H2,1H3. The van der Waals surface area contributed by atoms with Crippen LogP contribution in [0.1, 0.15) is 0 Å². The SMILES string of the molecule is Cn1ncc2c(=O)n(CCOc3cccc(Cl)c3)cnc21. The molecular formula is C14H13ClN4O2. The molecule has 0 aliphatic heterocycles. The van der Waals surface area contributed by atoms with Crippen molar-refractivity contribution in [2.45, 2.75) is 6.54 Å². The summed E-state index contributed by atoms with van der Waals surface area (Å²) < 4.78 is 8.65. The molecule has 0 unspecified atom stereocenters. The van der Waals surface area contributed by atoms with Crippen LogP contribution in [-0.4, -0.2) is 25.9 Å². The monoisotopic (exact) mass is 304 g/mol. The summed E-state index contributed by atoms with van der Waals surface area (Å²) in [5, 5.41) is 5.15. The summed E-state index contributed by atoms with van der Waals surface area (Å²) in [4.78, 5) is 16.5. The highest BCUT2D eigenvalue weighted by Gasteiger charge is 2.07. The fraction of sp³-hybridized carbons (Fsp3) is 0.214. The molecule has 21 heavy (non-hydrogen) atoms. The van der Waals surface area contributed by atoms with E-state index in [9.17, 15) is 4.79 Å². The number of halogens is 1. The lowest BCUT2D eigenvalue weighted by molar-refractivity contribution is 0.296. The maximum atomic E-state index is 12.2. The van der Waals surface area contributed by atoms with Gasteiger partial charge < -0.3 is 4.74 Å². The van der Waals surface area contributed by atoms with Gasteiger partial charge in [0.05, 0.1) is 12.7 Å². The van der Waals surface area contributed by atoms with Crippen molar-refractivity contribution in [3.63, 3.8) is 0 Å². The molecule has 0 radical (unpaired) electrons. The third-order valence-electron chi connectivity index (χ3n) is 3.12. The zero-order chi connectivity index (χ0) is 14.8. The largest absolute Gasteiger partial charge is 0.492 e. The minimum Gasteiger partial charge on any atom is -0.492 e. The molecule has 2 heterocycles. The smallest absolute Gasteiger partial charge is 0.264 e. The highest BCUT2D eigenvalue weighted by Crippen LogP contribution is 2.16. The minimum atomic E-state index is -0.122. The molecule has 0 bridgehead atoms. The first-order valence-electron chi connectivity index (χ1n) is 6.40. The number of hydrogen-bond donors (Lipinski definition) is 0. The zero-order valence-corrected chi connectivity index (χ0v) is 12.1. The van der Waals surface area contributed by atoms with Gasteiger partial charge in [0.1, 0.15) is 24.1 Å². The van der Waals surface area contributed by atoms with Crippen LogP contribution in [0.4, 0.5) is 0 Å². The lowest BCUT2D eigenvalue weighted by atomic mass is 10.3. The Bertz CT molecular complexity index is 840. The van der Waals surface area contributed by atoms with E-state index in [1.807, 2.05) is 12.1 Å². The molecule has 0 saturated heterocycles. The van der Waals surface area contributed by atoms with Gasteiger partial charge in [0.25, 0.3) is 5.56 Å². The Kier molecular flexibility index (Phi) is 3.62. The molecule has 0 fully saturated rings. The van der Waals surface area contributed by atoms with E-state index in [1.54, 1.807) is 23.9 Å². The third kappa shape index (κ3) is 2.75. The maximum Gasteiger partial charge on any atom is 0.264 e. The van der Waals surface area contributed by atoms with Gasteiger partial charge in [0.15, 0.2) is 5.65 Å². The van der Waals surface area contributed by atoms with E-state index in [2.05, 4.69) is 10.1 Å². The van der Waals surface area contributed by atoms with E-state index < -0.39 is 0 Å². The van der Waals surface area contributed by atoms with Crippen LogP contribution in [0.15, 0.2) is 41.6 Å². The number of fused-ring (bicyclic) bond motifs is 1. The van der Waals surface area contributed by atoms with Crippen molar-refractivity contribution in [3.05, 3.63) is 52.2 Å². The fourth-order valence-corrected chi connectivity index (χ4v) is 2.22. The Hall–Kier alpha value is -2.34. The van der Waals surface area contributed by atoms with Gasteiger partial charge in [-0.1, -0.05) is 17.7 Å². The molecule has 0 N–H and O–H groups in total. The molecule has 1 aromatic carbocycles. The predicted octanol–water partition coefficient (Wildman–Crippen LogP) is 1.86. The second-order valence-electron chi connectivity index (χ2n) is 4.55. The van der Waals surface area contributed by atoms with E-state index in [1.165, 1.54) is 17.1 Å². The van der Waals surface area contributed by atoms with Crippen LogP contribution in [-0.2, 0) is 13.6 Å². The first-order chi connectivity index (χ1) is 10.1. The summed E-state index contributed by atoms with van der Waals surface area (Å²) in [6.07, 6.45) is 3.03. The average molecular weight is 305 g/mol. The lowest BCUT2D eigenvalue weighted by Crippen LogP contribution is -2.23. The van der Waals surface area contributed by atoms with Gasteiger partial charge >= 0.3 is 0 Å². The number of aromatic nitrogens is 4. The van der Waals surface area contributed by atoms with Crippen LogP contribution < -0.4 is 10.3 Å². The molecule has 0 amide bonds. The van der Waals surface area contributed by atoms with E-state index in [0.29, 0.717) is 35.0 Å². The van der Waals surface area contributed by atoms with Gasteiger partial charge in [0.2, 0.25) is 0 Å². The first kappa shape index (κ1) is 13.6. The van der Waals surface area contributed by atoms with Crippen molar-refractivity contribution in [2.75, 3.05) is 6.61 Å². The minimum absolute atomic E-state index is 0.122. The molecule has 0 spiro atoms. The Labute approximate surface area is 125 Å². The lowest BCUT2D eigenvalue weighted by Gasteiger charge is -2.08. The van der Waals surface area contributed by atoms with Crippen molar-refractivity contribution in [3.8, 4) is 5.75 Å². The number of ether oxygens (including phenoxy) is 1. The average Bonchev–Trinajstić information content (AvgIpc) is 2.84. The molecule has 0 aliphatic carbocycles. The molecular weight excluding hydrogens is 292 g/mol. The predicted molar refractivity (Wildman–Crippen MR) is 79.7 cm³/mol. The molecule has 3 aromatic rings. The van der Waals surface area contributed by atoms with E-state index in [4.69, 9.17) is 16.3 Å². The molecule has 0 saturated carbocycles. The van der Waals surface area contributed by atoms with Crippen molar-refractivity contribution in [1.29, 1.82) is 0 Å². The Morgan fingerprint density at radius 1 is 1.38 bits per heavy atom. The first-order valence-corrected chi connectivity index (χ1v) is 6.78.